The molecule has 2 heterocycles. The lowest BCUT2D eigenvalue weighted by atomic mass is 9.69. The highest BCUT2D eigenvalue weighted by atomic mass is 31.1. The summed E-state index contributed by atoms with van der Waals surface area (Å²) in [7, 11) is -1.12. The largest absolute Gasteiger partial charge is 0.111 e. The topological polar surface area (TPSA) is 0 Å². The van der Waals surface area contributed by atoms with Crippen LogP contribution >= 0.6 is 15.1 Å². The van der Waals surface area contributed by atoms with E-state index < -0.39 is 20.5 Å². The zero-order valence-corrected chi connectivity index (χ0v) is 43.3. The standard InChI is InChI=1S/C73H46P2/c1-74-65-40-13-9-22-47(65)55-34-17-32-53(71(55)74)45-28-15-30-50-60(45)42-61-46(54-33-18-35-56-48-23-10-14-41-66(48)75(2)72(54)56)29-16-31-51(61)67(50)59-36-19-39-64-68(59)57-26-7-11-37-62(57)73(64)63-38-12-8-27-58(63)69-49-24-5-3-20-43(49)44-21-4-6-25-52(44)70(69)73/h3-42H,1-2H3. The highest BCUT2D eigenvalue weighted by molar-refractivity contribution is 7.60. The molecule has 0 saturated carbocycles. The molecule has 1 spiro atoms. The first-order chi connectivity index (χ1) is 37.1. The van der Waals surface area contributed by atoms with Gasteiger partial charge in [-0.15, -0.1) is 15.1 Å². The zero-order chi connectivity index (χ0) is 49.3. The van der Waals surface area contributed by atoms with E-state index in [2.05, 4.69) is 256 Å². The van der Waals surface area contributed by atoms with Crippen molar-refractivity contribution in [3.8, 4) is 55.6 Å². The first-order valence-electron chi connectivity index (χ1n) is 26.3. The molecule has 2 aliphatic carbocycles. The lowest BCUT2D eigenvalue weighted by Gasteiger charge is -2.32. The van der Waals surface area contributed by atoms with E-state index in [1.807, 2.05) is 0 Å². The molecule has 0 amide bonds. The summed E-state index contributed by atoms with van der Waals surface area (Å²) in [4.78, 5) is 0. The smallest absolute Gasteiger partial charge is 0.0731 e. The van der Waals surface area contributed by atoms with Crippen LogP contribution in [0.25, 0.3) is 141 Å². The number of fused-ring (bicyclic) bond motifs is 23. The quantitative estimate of drug-likeness (QED) is 0.122. The molecule has 3 atom stereocenters. The average molecular weight is 985 g/mol. The number of rotatable bonds is 3. The highest BCUT2D eigenvalue weighted by Crippen LogP contribution is 2.67. The SMILES string of the molecule is Cp1c2ccccc2c2cccc(-c3cccc4c(-c5cccc6c5-c5ccccc5C65c6ccccc6-c6c5c5ccccc5c5ccccc65)c5cccc(-c6cccc7c8ccccc8p(C)c67)c5cc34)c21. The molecule has 348 valence electrons. The van der Waals surface area contributed by atoms with Crippen LogP contribution in [-0.4, -0.2) is 0 Å². The van der Waals surface area contributed by atoms with Gasteiger partial charge in [-0.3, -0.25) is 0 Å². The monoisotopic (exact) mass is 984 g/mol. The van der Waals surface area contributed by atoms with Gasteiger partial charge in [0.05, 0.1) is 5.41 Å². The van der Waals surface area contributed by atoms with Crippen LogP contribution in [0.4, 0.5) is 0 Å². The Bertz CT molecular complexity index is 4860. The molecule has 2 aliphatic rings. The van der Waals surface area contributed by atoms with Crippen LogP contribution in [0.5, 0.6) is 0 Å². The van der Waals surface area contributed by atoms with Gasteiger partial charge in [-0.2, -0.15) is 0 Å². The summed E-state index contributed by atoms with van der Waals surface area (Å²) in [5.74, 6) is 0. The summed E-state index contributed by atoms with van der Waals surface area (Å²) in [5.41, 5.74) is 18.1. The van der Waals surface area contributed by atoms with E-state index in [0.29, 0.717) is 0 Å². The molecule has 0 N–H and O–H groups in total. The molecule has 13 aromatic carbocycles. The number of aryl methyl sites for hydroxylation is 2. The molecule has 0 radical (unpaired) electrons. The average Bonchev–Trinajstić information content (AvgIpc) is 4.37. The van der Waals surface area contributed by atoms with Crippen LogP contribution in [0.2, 0.25) is 0 Å². The fourth-order valence-electron chi connectivity index (χ4n) is 14.9. The van der Waals surface area contributed by atoms with Crippen molar-refractivity contribution in [3.05, 3.63) is 265 Å². The van der Waals surface area contributed by atoms with Gasteiger partial charge < -0.3 is 0 Å². The van der Waals surface area contributed by atoms with E-state index in [4.69, 9.17) is 0 Å². The number of benzene rings is 13. The molecule has 0 nitrogen and oxygen atoms in total. The van der Waals surface area contributed by atoms with E-state index in [1.165, 1.54) is 163 Å². The lowest BCUT2D eigenvalue weighted by Crippen LogP contribution is -2.26. The van der Waals surface area contributed by atoms with E-state index >= 15 is 0 Å². The maximum atomic E-state index is 2.58. The third kappa shape index (κ3) is 5.29. The van der Waals surface area contributed by atoms with Crippen molar-refractivity contribution >= 4 is 100 Å². The van der Waals surface area contributed by atoms with Crippen molar-refractivity contribution < 1.29 is 0 Å². The Morgan fingerprint density at radius 1 is 0.240 bits per heavy atom. The molecule has 2 heteroatoms. The maximum absolute atomic E-state index is 2.58. The molecular formula is C73H46P2. The van der Waals surface area contributed by atoms with E-state index in [0.717, 1.165) is 0 Å². The predicted molar refractivity (Wildman–Crippen MR) is 326 cm³/mol. The first kappa shape index (κ1) is 41.9. The first-order valence-corrected chi connectivity index (χ1v) is 29.9. The van der Waals surface area contributed by atoms with Crippen LogP contribution in [0.15, 0.2) is 243 Å². The van der Waals surface area contributed by atoms with Crippen molar-refractivity contribution in [2.24, 2.45) is 13.3 Å². The van der Waals surface area contributed by atoms with Gasteiger partial charge in [0.15, 0.2) is 0 Å². The van der Waals surface area contributed by atoms with Gasteiger partial charge in [0.2, 0.25) is 0 Å². The molecule has 0 saturated heterocycles. The fourth-order valence-corrected chi connectivity index (χ4v) is 19.3. The Kier molecular flexibility index (Phi) is 8.55. The second kappa shape index (κ2) is 15.3. The van der Waals surface area contributed by atoms with Crippen molar-refractivity contribution in [1.29, 1.82) is 0 Å². The second-order valence-corrected chi connectivity index (χ2v) is 25.1. The van der Waals surface area contributed by atoms with E-state index in [1.54, 1.807) is 0 Å². The number of hydrogen-bond donors (Lipinski definition) is 0. The van der Waals surface area contributed by atoms with Crippen molar-refractivity contribution in [2.45, 2.75) is 5.41 Å². The summed E-state index contributed by atoms with van der Waals surface area (Å²) in [6.07, 6.45) is 0. The van der Waals surface area contributed by atoms with Gasteiger partial charge >= 0.3 is 0 Å². The normalized spacial score (nSPS) is 15.1. The van der Waals surface area contributed by atoms with E-state index in [9.17, 15) is 0 Å². The van der Waals surface area contributed by atoms with Crippen LogP contribution in [0, 0.1) is 0 Å². The van der Waals surface area contributed by atoms with Crippen LogP contribution in [-0.2, 0) is 18.7 Å². The Morgan fingerprint density at radius 2 is 0.600 bits per heavy atom. The van der Waals surface area contributed by atoms with Crippen molar-refractivity contribution in [3.63, 3.8) is 0 Å². The molecule has 0 bridgehead atoms. The third-order valence-corrected chi connectivity index (χ3v) is 22.3. The second-order valence-electron chi connectivity index (χ2n) is 21.0. The molecule has 75 heavy (non-hydrogen) atoms. The Balaban J connectivity index is 1.04. The van der Waals surface area contributed by atoms with Gasteiger partial charge in [-0.05, 0) is 162 Å². The summed E-state index contributed by atoms with van der Waals surface area (Å²) in [6, 6.07) is 93.6. The van der Waals surface area contributed by atoms with E-state index in [-0.39, 0.29) is 0 Å². The summed E-state index contributed by atoms with van der Waals surface area (Å²) >= 11 is 0. The van der Waals surface area contributed by atoms with Gasteiger partial charge in [0.1, 0.15) is 0 Å². The molecule has 0 fully saturated rings. The molecule has 3 unspecified atom stereocenters. The highest BCUT2D eigenvalue weighted by Gasteiger charge is 2.53. The van der Waals surface area contributed by atoms with Gasteiger partial charge in [-0.25, -0.2) is 0 Å². The third-order valence-electron chi connectivity index (χ3n) is 17.7. The van der Waals surface area contributed by atoms with Gasteiger partial charge in [0.25, 0.3) is 0 Å². The zero-order valence-electron chi connectivity index (χ0n) is 41.5. The van der Waals surface area contributed by atoms with Crippen LogP contribution < -0.4 is 0 Å². The molecule has 2 aromatic heterocycles. The molecule has 0 aliphatic heterocycles. The molecule has 17 rings (SSSR count). The summed E-state index contributed by atoms with van der Waals surface area (Å²) in [6.45, 7) is 4.94. The summed E-state index contributed by atoms with van der Waals surface area (Å²) in [5, 5.41) is 21.9. The van der Waals surface area contributed by atoms with Gasteiger partial charge in [0, 0.05) is 20.5 Å². The predicted octanol–water partition coefficient (Wildman–Crippen LogP) is 21.3. The van der Waals surface area contributed by atoms with Crippen LogP contribution in [0.3, 0.4) is 0 Å². The summed E-state index contributed by atoms with van der Waals surface area (Å²) < 4.78 is 0. The minimum atomic E-state index is -0.562. The Morgan fingerprint density at radius 3 is 1.17 bits per heavy atom. The fraction of sp³-hybridized carbons (Fsp3) is 0.0411. The van der Waals surface area contributed by atoms with Gasteiger partial charge in [-0.1, -0.05) is 237 Å². The maximum Gasteiger partial charge on any atom is 0.0731 e. The molecular weight excluding hydrogens is 939 g/mol. The Hall–Kier alpha value is -8.50. The Labute approximate surface area is 436 Å². The molecule has 15 aromatic rings. The lowest BCUT2D eigenvalue weighted by molar-refractivity contribution is 0.802. The van der Waals surface area contributed by atoms with Crippen molar-refractivity contribution in [2.75, 3.05) is 0 Å². The number of hydrogen-bond acceptors (Lipinski definition) is 0. The van der Waals surface area contributed by atoms with Crippen molar-refractivity contribution in [1.82, 2.24) is 0 Å². The minimum absolute atomic E-state index is 0.552. The minimum Gasteiger partial charge on any atom is -0.111 e. The van der Waals surface area contributed by atoms with Crippen LogP contribution in [0.1, 0.15) is 22.3 Å².